The van der Waals surface area contributed by atoms with Crippen LogP contribution in [-0.2, 0) is 9.53 Å². The number of ether oxygens (including phenoxy) is 2. The van der Waals surface area contributed by atoms with Gasteiger partial charge in [0.1, 0.15) is 6.61 Å². The predicted octanol–water partition coefficient (Wildman–Crippen LogP) is 3.57. The molecule has 0 unspecified atom stereocenters. The van der Waals surface area contributed by atoms with Gasteiger partial charge in [-0.05, 0) is 45.9 Å². The lowest BCUT2D eigenvalue weighted by Crippen LogP contribution is -2.44. The van der Waals surface area contributed by atoms with E-state index in [9.17, 15) is 14.7 Å². The van der Waals surface area contributed by atoms with Gasteiger partial charge in [-0.25, -0.2) is 9.59 Å². The number of carbonyl (C=O) groups is 1. The Morgan fingerprint density at radius 2 is 1.96 bits per heavy atom. The average Bonchev–Trinajstić information content (AvgIpc) is 3.10. The molecule has 2 aromatic heterocycles. The van der Waals surface area contributed by atoms with Crippen LogP contribution in [0.5, 0.6) is 5.75 Å². The van der Waals surface area contributed by atoms with Crippen LogP contribution in [0.2, 0.25) is 0 Å². The van der Waals surface area contributed by atoms with Crippen LogP contribution in [0.4, 0.5) is 0 Å². The number of allylic oxidation sites excluding steroid dienone is 1. The number of rotatable bonds is 6. The van der Waals surface area contributed by atoms with Gasteiger partial charge < -0.3 is 23.4 Å². The van der Waals surface area contributed by atoms with Gasteiger partial charge in [-0.2, -0.15) is 0 Å². The summed E-state index contributed by atoms with van der Waals surface area (Å²) in [4.78, 5) is 23.8. The van der Waals surface area contributed by atoms with Crippen LogP contribution in [0.3, 0.4) is 0 Å². The van der Waals surface area contributed by atoms with Crippen molar-refractivity contribution < 1.29 is 28.2 Å². The van der Waals surface area contributed by atoms with E-state index in [-0.39, 0.29) is 17.9 Å². The second kappa shape index (κ2) is 7.52. The molecule has 0 radical (unpaired) electrons. The lowest BCUT2D eigenvalue weighted by Gasteiger charge is -2.29. The van der Waals surface area contributed by atoms with Crippen LogP contribution in [0, 0.1) is 0 Å². The number of furan rings is 1. The summed E-state index contributed by atoms with van der Waals surface area (Å²) in [6.07, 6.45) is 2.15. The smallest absolute Gasteiger partial charge is 0.336 e. The molecule has 0 aliphatic heterocycles. The Hall–Kier alpha value is -3.06. The standard InChI is InChI=1S/C21H22O7/c1-5-12(2)20(23)27-15(21(3,4)24)11-26-19-17-14(8-9-25-17)10-13-6-7-16(22)28-18(13)19/h5-10,15,24H,11H2,1-4H3/b12-5-/t15-/m1/s1. The molecule has 0 amide bonds. The minimum Gasteiger partial charge on any atom is -0.482 e. The van der Waals surface area contributed by atoms with Gasteiger partial charge in [0.05, 0.1) is 11.9 Å². The summed E-state index contributed by atoms with van der Waals surface area (Å²) in [5.74, 6) is -0.339. The number of hydrogen-bond donors (Lipinski definition) is 1. The van der Waals surface area contributed by atoms with Crippen molar-refractivity contribution >= 4 is 27.9 Å². The van der Waals surface area contributed by atoms with E-state index in [4.69, 9.17) is 18.3 Å². The molecule has 0 saturated carbocycles. The van der Waals surface area contributed by atoms with Crippen LogP contribution >= 0.6 is 0 Å². The second-order valence-electron chi connectivity index (χ2n) is 7.05. The fourth-order valence-corrected chi connectivity index (χ4v) is 2.62. The van der Waals surface area contributed by atoms with Crippen LogP contribution in [-0.4, -0.2) is 29.4 Å². The molecule has 1 aromatic carbocycles. The molecule has 3 aromatic rings. The molecule has 0 aliphatic rings. The van der Waals surface area contributed by atoms with Crippen molar-refractivity contribution in [2.24, 2.45) is 0 Å². The maximum absolute atomic E-state index is 12.1. The molecule has 2 heterocycles. The number of hydrogen-bond acceptors (Lipinski definition) is 7. The molecule has 0 spiro atoms. The lowest BCUT2D eigenvalue weighted by atomic mass is 10.0. The molecule has 0 fully saturated rings. The zero-order chi connectivity index (χ0) is 20.5. The molecular formula is C21H22O7. The van der Waals surface area contributed by atoms with Crippen LogP contribution in [0.15, 0.2) is 55.8 Å². The average molecular weight is 386 g/mol. The number of esters is 1. The maximum Gasteiger partial charge on any atom is 0.336 e. The maximum atomic E-state index is 12.1. The molecule has 148 valence electrons. The Labute approximate surface area is 161 Å². The number of aliphatic hydroxyl groups is 1. The lowest BCUT2D eigenvalue weighted by molar-refractivity contribution is -0.160. The summed E-state index contributed by atoms with van der Waals surface area (Å²) in [6, 6.07) is 6.52. The predicted molar refractivity (Wildman–Crippen MR) is 103 cm³/mol. The molecule has 1 N–H and O–H groups in total. The van der Waals surface area contributed by atoms with Crippen LogP contribution in [0.1, 0.15) is 27.7 Å². The Morgan fingerprint density at radius 1 is 1.25 bits per heavy atom. The Morgan fingerprint density at radius 3 is 2.64 bits per heavy atom. The van der Waals surface area contributed by atoms with E-state index in [0.717, 1.165) is 5.39 Å². The third kappa shape index (κ3) is 3.94. The number of carbonyl (C=O) groups excluding carboxylic acids is 1. The fourth-order valence-electron chi connectivity index (χ4n) is 2.62. The zero-order valence-electron chi connectivity index (χ0n) is 16.1. The zero-order valence-corrected chi connectivity index (χ0v) is 16.1. The van der Waals surface area contributed by atoms with Gasteiger partial charge in [-0.1, -0.05) is 6.08 Å². The van der Waals surface area contributed by atoms with Gasteiger partial charge in [0, 0.05) is 22.4 Å². The molecular weight excluding hydrogens is 364 g/mol. The van der Waals surface area contributed by atoms with Gasteiger partial charge in [0.25, 0.3) is 0 Å². The van der Waals surface area contributed by atoms with Crippen molar-refractivity contribution in [3.63, 3.8) is 0 Å². The Kier molecular flexibility index (Phi) is 5.29. The highest BCUT2D eigenvalue weighted by Gasteiger charge is 2.32. The first-order valence-corrected chi connectivity index (χ1v) is 8.84. The quantitative estimate of drug-likeness (QED) is 0.393. The Bertz CT molecular complexity index is 1100. The molecule has 1 atom stereocenters. The van der Waals surface area contributed by atoms with Gasteiger partial charge in [-0.3, -0.25) is 0 Å². The van der Waals surface area contributed by atoms with Crippen molar-refractivity contribution in [3.8, 4) is 5.75 Å². The van der Waals surface area contributed by atoms with E-state index in [2.05, 4.69) is 0 Å². The van der Waals surface area contributed by atoms with Crippen molar-refractivity contribution in [2.75, 3.05) is 6.61 Å². The Balaban J connectivity index is 1.97. The van der Waals surface area contributed by atoms with Gasteiger partial charge in [0.15, 0.2) is 17.3 Å². The van der Waals surface area contributed by atoms with E-state index in [1.54, 1.807) is 32.1 Å². The van der Waals surface area contributed by atoms with Crippen LogP contribution < -0.4 is 10.4 Å². The molecule has 3 rings (SSSR count). The number of benzene rings is 1. The molecule has 0 bridgehead atoms. The fraction of sp³-hybridized carbons (Fsp3) is 0.333. The van der Waals surface area contributed by atoms with Crippen molar-refractivity contribution in [3.05, 3.63) is 52.6 Å². The highest BCUT2D eigenvalue weighted by molar-refractivity contribution is 5.99. The van der Waals surface area contributed by atoms with E-state index in [0.29, 0.717) is 16.5 Å². The SMILES string of the molecule is C/C=C(/C)C(=O)O[C@H](COc1c2occc2cc2ccc(=O)oc12)C(C)(C)O. The second-order valence-corrected chi connectivity index (χ2v) is 7.05. The molecule has 7 nitrogen and oxygen atoms in total. The summed E-state index contributed by atoms with van der Waals surface area (Å²) < 4.78 is 22.1. The summed E-state index contributed by atoms with van der Waals surface area (Å²) in [5.41, 5.74) is -0.860. The third-order valence-electron chi connectivity index (χ3n) is 4.45. The minimum absolute atomic E-state index is 0.167. The molecule has 0 saturated heterocycles. The van der Waals surface area contributed by atoms with Gasteiger partial charge in [0.2, 0.25) is 5.75 Å². The summed E-state index contributed by atoms with van der Waals surface area (Å²) >= 11 is 0. The highest BCUT2D eigenvalue weighted by atomic mass is 16.6. The first kappa shape index (κ1) is 19.7. The highest BCUT2D eigenvalue weighted by Crippen LogP contribution is 2.35. The van der Waals surface area contributed by atoms with Gasteiger partial charge in [-0.15, -0.1) is 0 Å². The van der Waals surface area contributed by atoms with Crippen LogP contribution in [0.25, 0.3) is 21.9 Å². The van der Waals surface area contributed by atoms with Gasteiger partial charge >= 0.3 is 11.6 Å². The minimum atomic E-state index is -1.36. The summed E-state index contributed by atoms with van der Waals surface area (Å²) in [7, 11) is 0. The van der Waals surface area contributed by atoms with Crippen molar-refractivity contribution in [1.82, 2.24) is 0 Å². The topological polar surface area (TPSA) is 99.1 Å². The van der Waals surface area contributed by atoms with E-state index in [1.165, 1.54) is 26.2 Å². The largest absolute Gasteiger partial charge is 0.482 e. The molecule has 28 heavy (non-hydrogen) atoms. The van der Waals surface area contributed by atoms with E-state index in [1.807, 2.05) is 6.07 Å². The van der Waals surface area contributed by atoms with Crippen molar-refractivity contribution in [1.29, 1.82) is 0 Å². The third-order valence-corrected chi connectivity index (χ3v) is 4.45. The first-order valence-electron chi connectivity index (χ1n) is 8.84. The van der Waals surface area contributed by atoms with E-state index >= 15 is 0 Å². The normalized spacial score (nSPS) is 13.7. The monoisotopic (exact) mass is 386 g/mol. The first-order chi connectivity index (χ1) is 13.2. The number of fused-ring (bicyclic) bond motifs is 2. The molecule has 0 aliphatic carbocycles. The van der Waals surface area contributed by atoms with E-state index < -0.39 is 23.3 Å². The summed E-state index contributed by atoms with van der Waals surface area (Å²) in [6.45, 7) is 6.21. The van der Waals surface area contributed by atoms with Crippen molar-refractivity contribution in [2.45, 2.75) is 39.4 Å². The molecule has 7 heteroatoms. The summed E-state index contributed by atoms with van der Waals surface area (Å²) in [5, 5.41) is 11.8.